The van der Waals surface area contributed by atoms with Gasteiger partial charge in [-0.3, -0.25) is 9.69 Å². The smallest absolute Gasteiger partial charge is 0.268 e. The van der Waals surface area contributed by atoms with Crippen molar-refractivity contribution in [3.8, 4) is 5.75 Å². The normalized spacial score (nSPS) is 15.1. The van der Waals surface area contributed by atoms with Crippen molar-refractivity contribution >= 4 is 27.5 Å². The molecule has 7 heteroatoms. The van der Waals surface area contributed by atoms with E-state index in [9.17, 15) is 4.79 Å². The number of nitrogens with zero attached hydrogens (tertiary/aromatic N) is 1. The van der Waals surface area contributed by atoms with Gasteiger partial charge >= 0.3 is 0 Å². The predicted molar refractivity (Wildman–Crippen MR) is 111 cm³/mol. The van der Waals surface area contributed by atoms with Crippen LogP contribution in [0.15, 0.2) is 30.3 Å². The van der Waals surface area contributed by atoms with E-state index in [4.69, 9.17) is 9.47 Å². The number of aromatic amines is 1. The highest BCUT2D eigenvalue weighted by Crippen LogP contribution is 2.32. The second kappa shape index (κ2) is 8.34. The maximum atomic E-state index is 13.0. The van der Waals surface area contributed by atoms with Crippen LogP contribution in [0.5, 0.6) is 5.75 Å². The molecule has 148 valence electrons. The van der Waals surface area contributed by atoms with Gasteiger partial charge in [0, 0.05) is 42.2 Å². The van der Waals surface area contributed by atoms with Gasteiger partial charge in [0.2, 0.25) is 0 Å². The lowest BCUT2D eigenvalue weighted by molar-refractivity contribution is 0.0342. The number of rotatable bonds is 6. The van der Waals surface area contributed by atoms with Crippen molar-refractivity contribution in [2.75, 3.05) is 33.4 Å². The zero-order chi connectivity index (χ0) is 19.5. The third-order valence-electron chi connectivity index (χ3n) is 5.04. The Balaban J connectivity index is 1.57. The molecule has 0 atom stereocenters. The molecule has 3 heterocycles. The lowest BCUT2D eigenvalue weighted by Gasteiger charge is -2.26. The van der Waals surface area contributed by atoms with Crippen molar-refractivity contribution in [1.82, 2.24) is 15.2 Å². The second-order valence-electron chi connectivity index (χ2n) is 6.96. The molecule has 3 aromatic rings. The summed E-state index contributed by atoms with van der Waals surface area (Å²) in [5.41, 5.74) is 3.72. The Morgan fingerprint density at radius 2 is 2.11 bits per heavy atom. The summed E-state index contributed by atoms with van der Waals surface area (Å²) in [6, 6.07) is 9.84. The summed E-state index contributed by atoms with van der Waals surface area (Å²) in [7, 11) is 1.64. The standard InChI is InChI=1S/C21H25N3O3S/c1-14-11-17-20(28-14)16(13-24-7-9-27-10-8-24)19(23-17)21(25)22-12-15-5-3-4-6-18(15)26-2/h3-6,11,23H,7-10,12-13H2,1-2H3,(H,22,25). The quantitative estimate of drug-likeness (QED) is 0.667. The summed E-state index contributed by atoms with van der Waals surface area (Å²) in [5.74, 6) is 0.689. The first-order valence-electron chi connectivity index (χ1n) is 9.47. The zero-order valence-electron chi connectivity index (χ0n) is 16.2. The maximum absolute atomic E-state index is 13.0. The minimum absolute atomic E-state index is 0.0878. The number of carbonyl (C=O) groups excluding carboxylic acids is 1. The van der Waals surface area contributed by atoms with Gasteiger partial charge in [-0.15, -0.1) is 11.3 Å². The zero-order valence-corrected chi connectivity index (χ0v) is 17.0. The Kier molecular flexibility index (Phi) is 5.66. The van der Waals surface area contributed by atoms with Crippen LogP contribution < -0.4 is 10.1 Å². The number of nitrogens with one attached hydrogen (secondary N) is 2. The number of carbonyl (C=O) groups is 1. The van der Waals surface area contributed by atoms with Crippen LogP contribution >= 0.6 is 11.3 Å². The number of hydrogen-bond acceptors (Lipinski definition) is 5. The van der Waals surface area contributed by atoms with Gasteiger partial charge in [0.05, 0.1) is 30.5 Å². The molecule has 4 rings (SSSR count). The Morgan fingerprint density at radius 3 is 2.89 bits per heavy atom. The number of para-hydroxylation sites is 1. The number of benzene rings is 1. The van der Waals surface area contributed by atoms with Crippen molar-refractivity contribution < 1.29 is 14.3 Å². The van der Waals surface area contributed by atoms with E-state index in [0.717, 1.165) is 55.2 Å². The number of methoxy groups -OCH3 is 1. The van der Waals surface area contributed by atoms with E-state index < -0.39 is 0 Å². The second-order valence-corrected chi connectivity index (χ2v) is 8.22. The van der Waals surface area contributed by atoms with Gasteiger partial charge < -0.3 is 19.8 Å². The molecule has 28 heavy (non-hydrogen) atoms. The van der Waals surface area contributed by atoms with E-state index >= 15 is 0 Å². The Bertz CT molecular complexity index is 973. The molecule has 0 bridgehead atoms. The molecule has 1 aliphatic heterocycles. The highest BCUT2D eigenvalue weighted by Gasteiger charge is 2.22. The van der Waals surface area contributed by atoms with Crippen LogP contribution in [0.1, 0.15) is 26.5 Å². The van der Waals surface area contributed by atoms with Crippen molar-refractivity contribution in [2.45, 2.75) is 20.0 Å². The van der Waals surface area contributed by atoms with Crippen LogP contribution in [0.25, 0.3) is 10.2 Å². The first kappa shape index (κ1) is 19.0. The molecule has 1 aromatic carbocycles. The van der Waals surface area contributed by atoms with Crippen LogP contribution in [-0.2, 0) is 17.8 Å². The molecule has 0 radical (unpaired) electrons. The van der Waals surface area contributed by atoms with Gasteiger partial charge in [-0.25, -0.2) is 0 Å². The Labute approximate surface area is 168 Å². The molecule has 1 saturated heterocycles. The van der Waals surface area contributed by atoms with Gasteiger partial charge in [-0.1, -0.05) is 18.2 Å². The summed E-state index contributed by atoms with van der Waals surface area (Å²) < 4.78 is 12.0. The van der Waals surface area contributed by atoms with E-state index in [1.165, 1.54) is 9.58 Å². The fourth-order valence-electron chi connectivity index (χ4n) is 3.60. The van der Waals surface area contributed by atoms with E-state index in [1.807, 2.05) is 24.3 Å². The van der Waals surface area contributed by atoms with Crippen LogP contribution in [0.3, 0.4) is 0 Å². The van der Waals surface area contributed by atoms with E-state index in [-0.39, 0.29) is 5.91 Å². The first-order chi connectivity index (χ1) is 13.7. The number of amides is 1. The fourth-order valence-corrected chi connectivity index (χ4v) is 4.60. The van der Waals surface area contributed by atoms with Crippen LogP contribution in [0.2, 0.25) is 0 Å². The lowest BCUT2D eigenvalue weighted by Crippen LogP contribution is -2.36. The summed E-state index contributed by atoms with van der Waals surface area (Å²) in [5, 5.41) is 3.04. The fraction of sp³-hybridized carbons (Fsp3) is 0.381. The van der Waals surface area contributed by atoms with Gasteiger partial charge in [-0.2, -0.15) is 0 Å². The minimum atomic E-state index is -0.0878. The molecule has 2 N–H and O–H groups in total. The van der Waals surface area contributed by atoms with Crippen LogP contribution in [-0.4, -0.2) is 49.2 Å². The molecule has 0 spiro atoms. The highest BCUT2D eigenvalue weighted by atomic mass is 32.1. The molecule has 0 saturated carbocycles. The van der Waals surface area contributed by atoms with Gasteiger partial charge in [0.15, 0.2) is 0 Å². The molecule has 6 nitrogen and oxygen atoms in total. The monoisotopic (exact) mass is 399 g/mol. The number of H-pyrrole nitrogens is 1. The minimum Gasteiger partial charge on any atom is -0.496 e. The molecule has 2 aromatic heterocycles. The number of aromatic nitrogens is 1. The van der Waals surface area contributed by atoms with E-state index in [0.29, 0.717) is 12.2 Å². The molecule has 1 aliphatic rings. The average molecular weight is 400 g/mol. The molecule has 1 fully saturated rings. The van der Waals surface area contributed by atoms with Crippen LogP contribution in [0.4, 0.5) is 0 Å². The number of aryl methyl sites for hydroxylation is 1. The highest BCUT2D eigenvalue weighted by molar-refractivity contribution is 7.19. The number of thiophene rings is 1. The summed E-state index contributed by atoms with van der Waals surface area (Å²) in [6.45, 7) is 6.53. The van der Waals surface area contributed by atoms with Crippen molar-refractivity contribution in [2.24, 2.45) is 0 Å². The molecular formula is C21H25N3O3S. The Morgan fingerprint density at radius 1 is 1.32 bits per heavy atom. The van der Waals surface area contributed by atoms with E-state index in [1.54, 1.807) is 18.4 Å². The third-order valence-corrected chi connectivity index (χ3v) is 6.15. The van der Waals surface area contributed by atoms with Crippen molar-refractivity contribution in [3.63, 3.8) is 0 Å². The van der Waals surface area contributed by atoms with Gasteiger partial charge in [0.1, 0.15) is 11.4 Å². The molecular weight excluding hydrogens is 374 g/mol. The van der Waals surface area contributed by atoms with Gasteiger partial charge in [-0.05, 0) is 19.1 Å². The number of morpholine rings is 1. The van der Waals surface area contributed by atoms with Gasteiger partial charge in [0.25, 0.3) is 5.91 Å². The molecule has 0 unspecified atom stereocenters. The maximum Gasteiger partial charge on any atom is 0.268 e. The predicted octanol–water partition coefficient (Wildman–Crippen LogP) is 3.31. The lowest BCUT2D eigenvalue weighted by atomic mass is 10.1. The largest absolute Gasteiger partial charge is 0.496 e. The first-order valence-corrected chi connectivity index (χ1v) is 10.3. The number of fused-ring (bicyclic) bond motifs is 1. The SMILES string of the molecule is COc1ccccc1CNC(=O)c1[nH]c2cc(C)sc2c1CN1CCOCC1. The summed E-state index contributed by atoms with van der Waals surface area (Å²) in [4.78, 5) is 19.9. The summed E-state index contributed by atoms with van der Waals surface area (Å²) >= 11 is 1.74. The van der Waals surface area contributed by atoms with Crippen molar-refractivity contribution in [3.05, 3.63) is 52.0 Å². The topological polar surface area (TPSA) is 66.6 Å². The molecule has 0 aliphatic carbocycles. The third kappa shape index (κ3) is 3.92. The molecule has 1 amide bonds. The summed E-state index contributed by atoms with van der Waals surface area (Å²) in [6.07, 6.45) is 0. The van der Waals surface area contributed by atoms with Crippen molar-refractivity contribution in [1.29, 1.82) is 0 Å². The van der Waals surface area contributed by atoms with E-state index in [2.05, 4.69) is 28.2 Å². The number of ether oxygens (including phenoxy) is 2. The number of hydrogen-bond donors (Lipinski definition) is 2. The Hall–Kier alpha value is -2.35. The average Bonchev–Trinajstić information content (AvgIpc) is 3.24. The van der Waals surface area contributed by atoms with Crippen LogP contribution in [0, 0.1) is 6.92 Å².